The van der Waals surface area contributed by atoms with E-state index in [9.17, 15) is 9.59 Å². The minimum absolute atomic E-state index is 0.199. The van der Waals surface area contributed by atoms with E-state index in [1.165, 1.54) is 7.11 Å². The Kier molecular flexibility index (Phi) is 5.64. The number of hydrogen-bond acceptors (Lipinski definition) is 6. The van der Waals surface area contributed by atoms with Crippen LogP contribution in [0.2, 0.25) is 0 Å². The Morgan fingerprint density at radius 3 is 2.39 bits per heavy atom. The highest BCUT2D eigenvalue weighted by molar-refractivity contribution is 6.07. The predicted molar refractivity (Wildman–Crippen MR) is 107 cm³/mol. The van der Waals surface area contributed by atoms with Gasteiger partial charge >= 0.3 is 5.97 Å². The Morgan fingerprint density at radius 2 is 1.68 bits per heavy atom. The number of benzene rings is 2. The lowest BCUT2D eigenvalue weighted by Gasteiger charge is -2.19. The number of carbonyl (C=O) groups excluding carboxylic acids is 2. The molecular formula is C21H20N4O3. The highest BCUT2D eigenvalue weighted by atomic mass is 16.5. The van der Waals surface area contributed by atoms with Gasteiger partial charge in [0.2, 0.25) is 0 Å². The topological polar surface area (TPSA) is 84.4 Å². The molecule has 0 fully saturated rings. The molecule has 3 rings (SSSR count). The van der Waals surface area contributed by atoms with Gasteiger partial charge in [-0.05, 0) is 31.2 Å². The fraction of sp³-hybridized carbons (Fsp3) is 0.143. The highest BCUT2D eigenvalue weighted by Crippen LogP contribution is 2.23. The van der Waals surface area contributed by atoms with Crippen LogP contribution in [0.3, 0.4) is 0 Å². The molecule has 142 valence electrons. The number of hydrogen-bond donors (Lipinski definition) is 1. The van der Waals surface area contributed by atoms with E-state index < -0.39 is 11.9 Å². The molecule has 0 aliphatic heterocycles. The van der Waals surface area contributed by atoms with Gasteiger partial charge in [0.05, 0.1) is 18.4 Å². The number of ether oxygens (including phenoxy) is 1. The fourth-order valence-electron chi connectivity index (χ4n) is 2.69. The van der Waals surface area contributed by atoms with Crippen molar-refractivity contribution in [2.75, 3.05) is 24.4 Å². The molecule has 0 atom stereocenters. The average Bonchev–Trinajstić information content (AvgIpc) is 2.73. The molecule has 0 saturated carbocycles. The molecule has 0 aliphatic carbocycles. The van der Waals surface area contributed by atoms with Crippen molar-refractivity contribution in [3.05, 3.63) is 77.7 Å². The van der Waals surface area contributed by atoms with Gasteiger partial charge in [-0.1, -0.05) is 30.3 Å². The molecule has 0 radical (unpaired) electrons. The molecule has 3 aromatic rings. The van der Waals surface area contributed by atoms with Gasteiger partial charge in [-0.3, -0.25) is 4.79 Å². The van der Waals surface area contributed by atoms with Gasteiger partial charge in [-0.2, -0.15) is 0 Å². The smallest absolute Gasteiger partial charge is 0.339 e. The summed E-state index contributed by atoms with van der Waals surface area (Å²) in [7, 11) is 3.16. The molecule has 7 nitrogen and oxygen atoms in total. The number of nitrogens with zero attached hydrogens (tertiary/aromatic N) is 3. The number of rotatable bonds is 5. The number of carbonyl (C=O) groups is 2. The molecule has 0 unspecified atom stereocenters. The number of esters is 1. The summed E-state index contributed by atoms with van der Waals surface area (Å²) in [6.07, 6.45) is 0. The van der Waals surface area contributed by atoms with E-state index in [-0.39, 0.29) is 11.3 Å². The molecule has 1 N–H and O–H groups in total. The van der Waals surface area contributed by atoms with E-state index in [1.54, 1.807) is 37.3 Å². The number of methoxy groups -OCH3 is 1. The predicted octanol–water partition coefficient (Wildman–Crippen LogP) is 3.59. The summed E-state index contributed by atoms with van der Waals surface area (Å²) in [5.41, 5.74) is 1.76. The monoisotopic (exact) mass is 376 g/mol. The first-order chi connectivity index (χ1) is 13.5. The molecule has 0 aliphatic rings. The summed E-state index contributed by atoms with van der Waals surface area (Å²) in [4.78, 5) is 35.2. The lowest BCUT2D eigenvalue weighted by atomic mass is 10.1. The van der Waals surface area contributed by atoms with Crippen LogP contribution in [-0.4, -0.2) is 36.0 Å². The van der Waals surface area contributed by atoms with Gasteiger partial charge in [-0.15, -0.1) is 0 Å². The maximum Gasteiger partial charge on any atom is 0.339 e. The third kappa shape index (κ3) is 4.15. The van der Waals surface area contributed by atoms with E-state index in [0.717, 1.165) is 5.69 Å². The zero-order valence-electron chi connectivity index (χ0n) is 15.8. The van der Waals surface area contributed by atoms with Crippen LogP contribution in [0.5, 0.6) is 0 Å². The standard InChI is InChI=1S/C21H20N4O3/c1-14-22-18(13-19(23-14)25(2)15-9-5-4-6-10-15)20(26)24-17-12-8-7-11-16(17)21(27)28-3/h4-13H,1-3H3,(H,24,26). The third-order valence-corrected chi connectivity index (χ3v) is 4.12. The average molecular weight is 376 g/mol. The Hall–Kier alpha value is -3.74. The molecule has 7 heteroatoms. The zero-order chi connectivity index (χ0) is 20.1. The van der Waals surface area contributed by atoms with Crippen LogP contribution in [0.4, 0.5) is 17.2 Å². The first kappa shape index (κ1) is 19.0. The van der Waals surface area contributed by atoms with Gasteiger partial charge in [0.15, 0.2) is 0 Å². The third-order valence-electron chi connectivity index (χ3n) is 4.12. The Labute approximate surface area is 163 Å². The largest absolute Gasteiger partial charge is 0.465 e. The van der Waals surface area contributed by atoms with E-state index in [1.807, 2.05) is 42.3 Å². The number of aryl methyl sites for hydroxylation is 1. The maximum absolute atomic E-state index is 12.8. The van der Waals surface area contributed by atoms with Crippen LogP contribution in [0, 0.1) is 6.92 Å². The van der Waals surface area contributed by atoms with E-state index in [2.05, 4.69) is 15.3 Å². The molecule has 0 bridgehead atoms. The van der Waals surface area contributed by atoms with E-state index in [0.29, 0.717) is 17.3 Å². The van der Waals surface area contributed by atoms with Crippen LogP contribution >= 0.6 is 0 Å². The van der Waals surface area contributed by atoms with Crippen molar-refractivity contribution < 1.29 is 14.3 Å². The molecule has 2 aromatic carbocycles. The van der Waals surface area contributed by atoms with Crippen molar-refractivity contribution >= 4 is 29.1 Å². The van der Waals surface area contributed by atoms with Crippen molar-refractivity contribution in [3.8, 4) is 0 Å². The minimum atomic E-state index is -0.528. The second-order valence-corrected chi connectivity index (χ2v) is 6.04. The zero-order valence-corrected chi connectivity index (χ0v) is 15.8. The van der Waals surface area contributed by atoms with Crippen molar-refractivity contribution in [1.82, 2.24) is 9.97 Å². The molecular weight excluding hydrogens is 356 g/mol. The van der Waals surface area contributed by atoms with Crippen LogP contribution in [0.15, 0.2) is 60.7 Å². The van der Waals surface area contributed by atoms with E-state index >= 15 is 0 Å². The Morgan fingerprint density at radius 1 is 1.00 bits per heavy atom. The second kappa shape index (κ2) is 8.30. The maximum atomic E-state index is 12.8. The van der Waals surface area contributed by atoms with Crippen molar-refractivity contribution in [2.45, 2.75) is 6.92 Å². The Bertz CT molecular complexity index is 1010. The number of anilines is 3. The van der Waals surface area contributed by atoms with Crippen LogP contribution in [0.25, 0.3) is 0 Å². The summed E-state index contributed by atoms with van der Waals surface area (Å²) in [6, 6.07) is 17.9. The first-order valence-corrected chi connectivity index (χ1v) is 8.62. The van der Waals surface area contributed by atoms with Crippen molar-refractivity contribution in [1.29, 1.82) is 0 Å². The van der Waals surface area contributed by atoms with Gasteiger partial charge < -0.3 is 15.0 Å². The number of aromatic nitrogens is 2. The van der Waals surface area contributed by atoms with Gasteiger partial charge in [-0.25, -0.2) is 14.8 Å². The summed E-state index contributed by atoms with van der Waals surface area (Å²) in [5.74, 6) is 0.0839. The molecule has 1 amide bonds. The molecule has 0 saturated heterocycles. The fourth-order valence-corrected chi connectivity index (χ4v) is 2.69. The van der Waals surface area contributed by atoms with Crippen LogP contribution in [-0.2, 0) is 4.74 Å². The highest BCUT2D eigenvalue weighted by Gasteiger charge is 2.17. The van der Waals surface area contributed by atoms with Crippen LogP contribution < -0.4 is 10.2 Å². The summed E-state index contributed by atoms with van der Waals surface area (Å²) in [5, 5.41) is 2.73. The Balaban J connectivity index is 1.89. The lowest BCUT2D eigenvalue weighted by molar-refractivity contribution is 0.0602. The molecule has 28 heavy (non-hydrogen) atoms. The quantitative estimate of drug-likeness (QED) is 0.685. The van der Waals surface area contributed by atoms with Gasteiger partial charge in [0, 0.05) is 18.8 Å². The van der Waals surface area contributed by atoms with Crippen molar-refractivity contribution in [2.24, 2.45) is 0 Å². The molecule has 0 spiro atoms. The van der Waals surface area contributed by atoms with E-state index in [4.69, 9.17) is 4.74 Å². The molecule has 1 aromatic heterocycles. The number of amides is 1. The summed E-state index contributed by atoms with van der Waals surface area (Å²) >= 11 is 0. The second-order valence-electron chi connectivity index (χ2n) is 6.04. The summed E-state index contributed by atoms with van der Waals surface area (Å²) in [6.45, 7) is 1.72. The molecule has 1 heterocycles. The number of para-hydroxylation sites is 2. The van der Waals surface area contributed by atoms with Crippen LogP contribution in [0.1, 0.15) is 26.7 Å². The summed E-state index contributed by atoms with van der Waals surface area (Å²) < 4.78 is 4.76. The van der Waals surface area contributed by atoms with Gasteiger partial charge in [0.25, 0.3) is 5.91 Å². The normalized spacial score (nSPS) is 10.2. The lowest BCUT2D eigenvalue weighted by Crippen LogP contribution is -2.19. The minimum Gasteiger partial charge on any atom is -0.465 e. The first-order valence-electron chi connectivity index (χ1n) is 8.62. The number of nitrogens with one attached hydrogen (secondary N) is 1. The van der Waals surface area contributed by atoms with Crippen molar-refractivity contribution in [3.63, 3.8) is 0 Å². The SMILES string of the molecule is COC(=O)c1ccccc1NC(=O)c1cc(N(C)c2ccccc2)nc(C)n1. The van der Waals surface area contributed by atoms with Gasteiger partial charge in [0.1, 0.15) is 17.3 Å².